The molecule has 0 bridgehead atoms. The van der Waals surface area contributed by atoms with Gasteiger partial charge in [-0.1, -0.05) is 0 Å². The summed E-state index contributed by atoms with van der Waals surface area (Å²) < 4.78 is 28.1. The van der Waals surface area contributed by atoms with Crippen LogP contribution < -0.4 is 5.73 Å². The van der Waals surface area contributed by atoms with E-state index in [1.54, 1.807) is 0 Å². The highest BCUT2D eigenvalue weighted by Gasteiger charge is 2.14. The highest BCUT2D eigenvalue weighted by Crippen LogP contribution is 2.27. The van der Waals surface area contributed by atoms with E-state index >= 15 is 0 Å². The Kier molecular flexibility index (Phi) is 3.38. The Morgan fingerprint density at radius 2 is 1.90 bits per heavy atom. The molecule has 0 fully saturated rings. The first-order valence-electron chi connectivity index (χ1n) is 5.85. The molecule has 3 aromatic rings. The van der Waals surface area contributed by atoms with E-state index in [4.69, 9.17) is 5.73 Å². The van der Waals surface area contributed by atoms with Crippen LogP contribution in [0.4, 0.5) is 14.5 Å². The van der Waals surface area contributed by atoms with Crippen molar-refractivity contribution in [1.82, 2.24) is 20.2 Å². The molecule has 0 unspecified atom stereocenters. The predicted molar refractivity (Wildman–Crippen MR) is 76.6 cm³/mol. The Hall–Kier alpha value is -2.35. The fourth-order valence-electron chi connectivity index (χ4n) is 1.88. The largest absolute Gasteiger partial charge is 0.398 e. The van der Waals surface area contributed by atoms with Crippen molar-refractivity contribution in [3.63, 3.8) is 0 Å². The van der Waals surface area contributed by atoms with Crippen molar-refractivity contribution in [2.75, 3.05) is 5.73 Å². The number of nitrogen functional groups attached to an aromatic ring is 1. The maximum atomic E-state index is 13.3. The molecule has 0 aliphatic rings. The number of rotatable bonds is 2. The fourth-order valence-corrected chi connectivity index (χ4v) is 2.25. The third-order valence-electron chi connectivity index (χ3n) is 2.87. The first-order valence-corrected chi connectivity index (χ1v) is 6.65. The van der Waals surface area contributed by atoms with Crippen LogP contribution >= 0.6 is 15.9 Å². The van der Waals surface area contributed by atoms with E-state index in [1.807, 2.05) is 0 Å². The van der Waals surface area contributed by atoms with Crippen molar-refractivity contribution in [2.24, 2.45) is 0 Å². The molecule has 0 aliphatic heterocycles. The molecule has 0 radical (unpaired) electrons. The maximum Gasteiger partial charge on any atom is 0.189 e. The molecule has 1 aromatic heterocycles. The fraction of sp³-hybridized carbons (Fsp3) is 0. The summed E-state index contributed by atoms with van der Waals surface area (Å²) in [6.07, 6.45) is 0. The molecular formula is C13H8BrF2N5. The summed E-state index contributed by atoms with van der Waals surface area (Å²) in [7, 11) is 0. The van der Waals surface area contributed by atoms with Crippen LogP contribution in [0.15, 0.2) is 40.9 Å². The zero-order valence-corrected chi connectivity index (χ0v) is 12.1. The lowest BCUT2D eigenvalue weighted by Gasteiger charge is -2.07. The Morgan fingerprint density at radius 1 is 1.10 bits per heavy atom. The van der Waals surface area contributed by atoms with Gasteiger partial charge in [0.15, 0.2) is 5.82 Å². The second kappa shape index (κ2) is 5.21. The summed E-state index contributed by atoms with van der Waals surface area (Å²) in [5.74, 6) is -0.500. The molecule has 1 heterocycles. The van der Waals surface area contributed by atoms with Gasteiger partial charge in [0.25, 0.3) is 0 Å². The van der Waals surface area contributed by atoms with Crippen LogP contribution in [0.25, 0.3) is 17.1 Å². The van der Waals surface area contributed by atoms with E-state index in [1.165, 1.54) is 41.1 Å². The number of tetrazole rings is 1. The van der Waals surface area contributed by atoms with Crippen molar-refractivity contribution in [2.45, 2.75) is 0 Å². The Morgan fingerprint density at radius 3 is 2.62 bits per heavy atom. The summed E-state index contributed by atoms with van der Waals surface area (Å²) >= 11 is 3.11. The number of hydrogen-bond donors (Lipinski definition) is 1. The van der Waals surface area contributed by atoms with Gasteiger partial charge < -0.3 is 5.73 Å². The maximum absolute atomic E-state index is 13.3. The van der Waals surface area contributed by atoms with Gasteiger partial charge in [-0.25, -0.2) is 8.78 Å². The Balaban J connectivity index is 2.14. The molecule has 0 saturated carbocycles. The summed E-state index contributed by atoms with van der Waals surface area (Å²) in [5.41, 5.74) is 7.05. The highest BCUT2D eigenvalue weighted by atomic mass is 79.9. The van der Waals surface area contributed by atoms with Crippen molar-refractivity contribution >= 4 is 21.6 Å². The van der Waals surface area contributed by atoms with Crippen molar-refractivity contribution < 1.29 is 8.78 Å². The van der Waals surface area contributed by atoms with Crippen LogP contribution in [0.3, 0.4) is 0 Å². The second-order valence-electron chi connectivity index (χ2n) is 4.24. The Bertz CT molecular complexity index is 818. The lowest BCUT2D eigenvalue weighted by Crippen LogP contribution is -2.02. The number of nitrogens with two attached hydrogens (primary N) is 1. The van der Waals surface area contributed by atoms with Crippen LogP contribution in [0, 0.1) is 11.6 Å². The lowest BCUT2D eigenvalue weighted by atomic mass is 10.1. The summed E-state index contributed by atoms with van der Waals surface area (Å²) in [6.45, 7) is 0. The monoisotopic (exact) mass is 351 g/mol. The van der Waals surface area contributed by atoms with Crippen LogP contribution in [-0.2, 0) is 0 Å². The number of anilines is 1. The topological polar surface area (TPSA) is 69.6 Å². The zero-order valence-electron chi connectivity index (χ0n) is 10.5. The van der Waals surface area contributed by atoms with Crippen molar-refractivity contribution in [3.05, 3.63) is 52.5 Å². The van der Waals surface area contributed by atoms with E-state index in [2.05, 4.69) is 31.5 Å². The third-order valence-corrected chi connectivity index (χ3v) is 3.48. The van der Waals surface area contributed by atoms with Gasteiger partial charge in [-0.15, -0.1) is 5.10 Å². The molecule has 0 atom stereocenters. The molecule has 0 aliphatic carbocycles. The second-order valence-corrected chi connectivity index (χ2v) is 5.10. The smallest absolute Gasteiger partial charge is 0.189 e. The van der Waals surface area contributed by atoms with Gasteiger partial charge in [0.05, 0.1) is 10.2 Å². The third kappa shape index (κ3) is 2.49. The van der Waals surface area contributed by atoms with Crippen LogP contribution in [0.5, 0.6) is 0 Å². The van der Waals surface area contributed by atoms with Gasteiger partial charge in [0.2, 0.25) is 0 Å². The van der Waals surface area contributed by atoms with E-state index in [-0.39, 0.29) is 10.2 Å². The molecule has 2 N–H and O–H groups in total. The number of aromatic nitrogens is 4. The minimum atomic E-state index is -0.445. The molecule has 0 spiro atoms. The van der Waals surface area contributed by atoms with Crippen LogP contribution in [0.2, 0.25) is 0 Å². The Labute approximate surface area is 126 Å². The highest BCUT2D eigenvalue weighted by molar-refractivity contribution is 9.10. The number of halogens is 3. The van der Waals surface area contributed by atoms with Gasteiger partial charge >= 0.3 is 0 Å². The van der Waals surface area contributed by atoms with E-state index < -0.39 is 11.6 Å². The molecule has 8 heteroatoms. The minimum absolute atomic E-state index is 0.215. The van der Waals surface area contributed by atoms with E-state index in [0.29, 0.717) is 17.1 Å². The van der Waals surface area contributed by atoms with E-state index in [0.717, 1.165) is 0 Å². The molecule has 0 saturated heterocycles. The average molecular weight is 352 g/mol. The van der Waals surface area contributed by atoms with Crippen molar-refractivity contribution in [1.29, 1.82) is 0 Å². The normalized spacial score (nSPS) is 10.8. The van der Waals surface area contributed by atoms with Gasteiger partial charge in [-0.05, 0) is 62.8 Å². The molecule has 106 valence electrons. The standard InChI is InChI=1S/C13H8BrF2N5/c14-10-6-8(2-4-11(10)16)21-13(18-19-20-21)9-3-1-7(15)5-12(9)17/h1-6H,17H2. The minimum Gasteiger partial charge on any atom is -0.398 e. The van der Waals surface area contributed by atoms with Crippen molar-refractivity contribution in [3.8, 4) is 17.1 Å². The van der Waals surface area contributed by atoms with Gasteiger partial charge in [-0.2, -0.15) is 4.68 Å². The molecular weight excluding hydrogens is 344 g/mol. The predicted octanol–water partition coefficient (Wildman–Crippen LogP) is 2.95. The summed E-state index contributed by atoms with van der Waals surface area (Å²) in [5, 5.41) is 11.4. The number of hydrogen-bond acceptors (Lipinski definition) is 4. The number of nitrogens with zero attached hydrogens (tertiary/aromatic N) is 4. The molecule has 0 amide bonds. The van der Waals surface area contributed by atoms with E-state index in [9.17, 15) is 8.78 Å². The van der Waals surface area contributed by atoms with Gasteiger partial charge in [-0.3, -0.25) is 0 Å². The molecule has 2 aromatic carbocycles. The lowest BCUT2D eigenvalue weighted by molar-refractivity contribution is 0.620. The number of benzene rings is 2. The van der Waals surface area contributed by atoms with Gasteiger partial charge in [0, 0.05) is 11.3 Å². The SMILES string of the molecule is Nc1cc(F)ccc1-c1nnnn1-c1ccc(F)c(Br)c1. The first-order chi connectivity index (χ1) is 10.1. The first kappa shape index (κ1) is 13.6. The molecule has 5 nitrogen and oxygen atoms in total. The summed E-state index contributed by atoms with van der Waals surface area (Å²) in [4.78, 5) is 0. The average Bonchev–Trinajstić information content (AvgIpc) is 2.91. The van der Waals surface area contributed by atoms with Crippen LogP contribution in [0.1, 0.15) is 0 Å². The quantitative estimate of drug-likeness (QED) is 0.720. The van der Waals surface area contributed by atoms with Crippen LogP contribution in [-0.4, -0.2) is 20.2 Å². The summed E-state index contributed by atoms with van der Waals surface area (Å²) in [6, 6.07) is 8.30. The molecule has 21 heavy (non-hydrogen) atoms. The zero-order chi connectivity index (χ0) is 15.0. The van der Waals surface area contributed by atoms with Gasteiger partial charge in [0.1, 0.15) is 11.6 Å². The molecule has 3 rings (SSSR count).